The number of carboxylic acid groups (broad SMARTS) is 1. The number of hydrogen-bond donors (Lipinski definition) is 2. The van der Waals surface area contributed by atoms with Crippen LogP contribution in [-0.2, 0) is 4.79 Å². The van der Waals surface area contributed by atoms with Crippen LogP contribution >= 0.6 is 0 Å². The third kappa shape index (κ3) is 3.06. The number of aliphatic carboxylic acids is 1. The maximum Gasteiger partial charge on any atom is 0.326 e. The summed E-state index contributed by atoms with van der Waals surface area (Å²) < 4.78 is 13.4. The van der Waals surface area contributed by atoms with Gasteiger partial charge in [-0.15, -0.1) is 0 Å². The summed E-state index contributed by atoms with van der Waals surface area (Å²) in [5.74, 6) is -2.04. The first-order valence-corrected chi connectivity index (χ1v) is 5.86. The molecule has 1 aromatic rings. The second-order valence-corrected chi connectivity index (χ2v) is 4.52. The van der Waals surface area contributed by atoms with Gasteiger partial charge >= 0.3 is 5.97 Å². The van der Waals surface area contributed by atoms with E-state index in [-0.39, 0.29) is 5.56 Å². The van der Waals surface area contributed by atoms with E-state index in [9.17, 15) is 14.0 Å². The molecule has 0 bridgehead atoms. The van der Waals surface area contributed by atoms with Gasteiger partial charge in [-0.3, -0.25) is 4.79 Å². The molecule has 0 saturated heterocycles. The zero-order valence-corrected chi connectivity index (χ0v) is 9.73. The lowest BCUT2D eigenvalue weighted by molar-refractivity contribution is -0.139. The fourth-order valence-corrected chi connectivity index (χ4v) is 1.79. The van der Waals surface area contributed by atoms with Gasteiger partial charge in [0.15, 0.2) is 0 Å². The Balaban J connectivity index is 2.04. The molecule has 1 aliphatic carbocycles. The van der Waals surface area contributed by atoms with Gasteiger partial charge in [-0.25, -0.2) is 9.18 Å². The van der Waals surface area contributed by atoms with Crippen LogP contribution in [-0.4, -0.2) is 23.0 Å². The van der Waals surface area contributed by atoms with Gasteiger partial charge in [0.05, 0.1) is 5.56 Å². The topological polar surface area (TPSA) is 66.4 Å². The Morgan fingerprint density at radius 2 is 2.06 bits per heavy atom. The van der Waals surface area contributed by atoms with E-state index in [0.717, 1.165) is 12.8 Å². The molecule has 96 valence electrons. The van der Waals surface area contributed by atoms with Crippen molar-refractivity contribution in [2.45, 2.75) is 25.3 Å². The normalized spacial score (nSPS) is 16.1. The molecule has 2 N–H and O–H groups in total. The molecule has 0 radical (unpaired) electrons. The van der Waals surface area contributed by atoms with Gasteiger partial charge < -0.3 is 10.4 Å². The number of carbonyl (C=O) groups is 2. The Morgan fingerprint density at radius 3 is 2.61 bits per heavy atom. The molecule has 0 aromatic heterocycles. The highest BCUT2D eigenvalue weighted by atomic mass is 19.1. The van der Waals surface area contributed by atoms with Gasteiger partial charge in [-0.1, -0.05) is 25.0 Å². The van der Waals surface area contributed by atoms with Crippen molar-refractivity contribution in [3.8, 4) is 0 Å². The lowest BCUT2D eigenvalue weighted by Crippen LogP contribution is -2.41. The number of halogens is 1. The molecule has 0 aliphatic heterocycles. The van der Waals surface area contributed by atoms with E-state index in [2.05, 4.69) is 5.32 Å². The van der Waals surface area contributed by atoms with Crippen LogP contribution in [0, 0.1) is 11.7 Å². The quantitative estimate of drug-likeness (QED) is 0.838. The molecule has 0 spiro atoms. The molecular weight excluding hydrogens is 237 g/mol. The van der Waals surface area contributed by atoms with Crippen molar-refractivity contribution in [1.29, 1.82) is 0 Å². The number of rotatable bonds is 5. The SMILES string of the molecule is O=C(N[C@@H](CC1CC1)C(=O)O)c1ccccc1F. The number of carboxylic acids is 1. The molecular formula is C13H14FNO3. The van der Waals surface area contributed by atoms with Crippen molar-refractivity contribution in [2.75, 3.05) is 0 Å². The van der Waals surface area contributed by atoms with Crippen LogP contribution in [0.15, 0.2) is 24.3 Å². The number of nitrogens with one attached hydrogen (secondary N) is 1. The van der Waals surface area contributed by atoms with Gasteiger partial charge in [0, 0.05) is 0 Å². The van der Waals surface area contributed by atoms with Crippen LogP contribution in [0.2, 0.25) is 0 Å². The molecule has 2 rings (SSSR count). The van der Waals surface area contributed by atoms with Crippen molar-refractivity contribution < 1.29 is 19.1 Å². The lowest BCUT2D eigenvalue weighted by atomic mass is 10.1. The highest BCUT2D eigenvalue weighted by Gasteiger charge is 2.30. The average Bonchev–Trinajstić information content (AvgIpc) is 3.12. The Hall–Kier alpha value is -1.91. The molecule has 1 aromatic carbocycles. The summed E-state index contributed by atoms with van der Waals surface area (Å²) in [5, 5.41) is 11.4. The maximum absolute atomic E-state index is 13.4. The van der Waals surface area contributed by atoms with E-state index in [1.807, 2.05) is 0 Å². The number of carbonyl (C=O) groups excluding carboxylic acids is 1. The van der Waals surface area contributed by atoms with Crippen LogP contribution < -0.4 is 5.32 Å². The molecule has 1 aliphatic rings. The zero-order chi connectivity index (χ0) is 13.1. The third-order valence-corrected chi connectivity index (χ3v) is 2.99. The van der Waals surface area contributed by atoms with Gasteiger partial charge in [-0.05, 0) is 24.5 Å². The second kappa shape index (κ2) is 5.16. The highest BCUT2D eigenvalue weighted by molar-refractivity contribution is 5.96. The van der Waals surface area contributed by atoms with Crippen LogP contribution in [0.3, 0.4) is 0 Å². The first-order valence-electron chi connectivity index (χ1n) is 5.86. The summed E-state index contributed by atoms with van der Waals surface area (Å²) in [7, 11) is 0. The summed E-state index contributed by atoms with van der Waals surface area (Å²) in [4.78, 5) is 22.8. The fraction of sp³-hybridized carbons (Fsp3) is 0.385. The minimum absolute atomic E-state index is 0.125. The molecule has 4 nitrogen and oxygen atoms in total. The van der Waals surface area contributed by atoms with Gasteiger partial charge in [0.1, 0.15) is 11.9 Å². The standard InChI is InChI=1S/C13H14FNO3/c14-10-4-2-1-3-9(10)12(16)15-11(13(17)18)7-8-5-6-8/h1-4,8,11H,5-7H2,(H,15,16)(H,17,18)/t11-/m0/s1. The Labute approximate surface area is 104 Å². The second-order valence-electron chi connectivity index (χ2n) is 4.52. The maximum atomic E-state index is 13.4. The third-order valence-electron chi connectivity index (χ3n) is 2.99. The zero-order valence-electron chi connectivity index (χ0n) is 9.73. The van der Waals surface area contributed by atoms with Crippen molar-refractivity contribution in [2.24, 2.45) is 5.92 Å². The average molecular weight is 251 g/mol. The molecule has 1 fully saturated rings. The Bertz CT molecular complexity index is 471. The van der Waals surface area contributed by atoms with Gasteiger partial charge in [-0.2, -0.15) is 0 Å². The van der Waals surface area contributed by atoms with E-state index >= 15 is 0 Å². The molecule has 0 heterocycles. The van der Waals surface area contributed by atoms with E-state index in [0.29, 0.717) is 12.3 Å². The Morgan fingerprint density at radius 1 is 1.39 bits per heavy atom. The Kier molecular flexibility index (Phi) is 3.60. The predicted molar refractivity (Wildman–Crippen MR) is 62.6 cm³/mol. The van der Waals surface area contributed by atoms with E-state index in [4.69, 9.17) is 5.11 Å². The lowest BCUT2D eigenvalue weighted by Gasteiger charge is -2.14. The monoisotopic (exact) mass is 251 g/mol. The first kappa shape index (κ1) is 12.5. The summed E-state index contributed by atoms with van der Waals surface area (Å²) in [5.41, 5.74) is -0.125. The summed E-state index contributed by atoms with van der Waals surface area (Å²) >= 11 is 0. The van der Waals surface area contributed by atoms with Crippen molar-refractivity contribution in [1.82, 2.24) is 5.32 Å². The van der Waals surface area contributed by atoms with Crippen LogP contribution in [0.5, 0.6) is 0 Å². The fourth-order valence-electron chi connectivity index (χ4n) is 1.79. The van der Waals surface area contributed by atoms with Crippen LogP contribution in [0.4, 0.5) is 4.39 Å². The summed E-state index contributed by atoms with van der Waals surface area (Å²) in [6.07, 6.45) is 2.41. The number of amides is 1. The van der Waals surface area contributed by atoms with Crippen molar-refractivity contribution in [3.05, 3.63) is 35.6 Å². The molecule has 5 heteroatoms. The van der Waals surface area contributed by atoms with E-state index in [1.54, 1.807) is 0 Å². The molecule has 1 saturated carbocycles. The van der Waals surface area contributed by atoms with Gasteiger partial charge in [0.25, 0.3) is 5.91 Å². The predicted octanol–water partition coefficient (Wildman–Crippen LogP) is 1.81. The summed E-state index contributed by atoms with van der Waals surface area (Å²) in [6.45, 7) is 0. The largest absolute Gasteiger partial charge is 0.480 e. The smallest absolute Gasteiger partial charge is 0.326 e. The van der Waals surface area contributed by atoms with Crippen LogP contribution in [0.25, 0.3) is 0 Å². The minimum Gasteiger partial charge on any atom is -0.480 e. The van der Waals surface area contributed by atoms with E-state index < -0.39 is 23.7 Å². The molecule has 1 atom stereocenters. The molecule has 0 unspecified atom stereocenters. The van der Waals surface area contributed by atoms with Crippen LogP contribution in [0.1, 0.15) is 29.6 Å². The van der Waals surface area contributed by atoms with Gasteiger partial charge in [0.2, 0.25) is 0 Å². The number of hydrogen-bond acceptors (Lipinski definition) is 2. The first-order chi connectivity index (χ1) is 8.58. The minimum atomic E-state index is -1.08. The number of benzene rings is 1. The van der Waals surface area contributed by atoms with Crippen molar-refractivity contribution in [3.63, 3.8) is 0 Å². The summed E-state index contributed by atoms with van der Waals surface area (Å²) in [6, 6.07) is 4.58. The van der Waals surface area contributed by atoms with E-state index in [1.165, 1.54) is 24.3 Å². The van der Waals surface area contributed by atoms with Crippen molar-refractivity contribution >= 4 is 11.9 Å². The highest BCUT2D eigenvalue weighted by Crippen LogP contribution is 2.33. The molecule has 1 amide bonds. The molecule has 18 heavy (non-hydrogen) atoms.